The van der Waals surface area contributed by atoms with Gasteiger partial charge in [0.2, 0.25) is 0 Å². The van der Waals surface area contributed by atoms with Gasteiger partial charge >= 0.3 is 0 Å². The van der Waals surface area contributed by atoms with Crippen LogP contribution in [-0.4, -0.2) is 11.5 Å². The number of rotatable bonds is 0. The van der Waals surface area contributed by atoms with Gasteiger partial charge in [0.15, 0.2) is 0 Å². The topological polar surface area (TPSA) is 0 Å². The third-order valence-corrected chi connectivity index (χ3v) is 8.66. The van der Waals surface area contributed by atoms with Crippen LogP contribution in [0.2, 0.25) is 0 Å². The van der Waals surface area contributed by atoms with E-state index in [1.807, 2.05) is 44.2 Å². The molecule has 1 aliphatic rings. The van der Waals surface area contributed by atoms with E-state index in [-0.39, 0.29) is 0 Å². The van der Waals surface area contributed by atoms with Gasteiger partial charge in [-0.05, 0) is 22.9 Å². The first-order chi connectivity index (χ1) is 8.93. The van der Waals surface area contributed by atoms with Gasteiger partial charge in [-0.2, -0.15) is 0 Å². The molecule has 0 bridgehead atoms. The molecule has 88 valence electrons. The highest BCUT2D eigenvalue weighted by Crippen LogP contribution is 2.52. The lowest BCUT2D eigenvalue weighted by atomic mass is 10.1. The van der Waals surface area contributed by atoms with E-state index >= 15 is 0 Å². The first-order valence-electron chi connectivity index (χ1n) is 5.88. The summed E-state index contributed by atoms with van der Waals surface area (Å²) in [7, 11) is 3.82. The predicted octanol–water partition coefficient (Wildman–Crippen LogP) is 5.90. The van der Waals surface area contributed by atoms with Gasteiger partial charge in [0.25, 0.3) is 0 Å². The number of fused-ring (bicyclic) bond motifs is 3. The van der Waals surface area contributed by atoms with Crippen molar-refractivity contribution in [3.63, 3.8) is 0 Å². The number of thioether (sulfide) groups is 2. The van der Waals surface area contributed by atoms with Crippen LogP contribution in [0.15, 0.2) is 34.1 Å². The maximum Gasteiger partial charge on any atom is 0.0470 e. The zero-order chi connectivity index (χ0) is 11.7. The summed E-state index contributed by atoms with van der Waals surface area (Å²) in [6, 6.07) is 9.30. The van der Waals surface area contributed by atoms with Crippen LogP contribution in [-0.2, 0) is 0 Å². The minimum absolute atomic E-state index is 1.25. The fourth-order valence-electron chi connectivity index (χ4n) is 2.86. The molecule has 18 heavy (non-hydrogen) atoms. The van der Waals surface area contributed by atoms with Crippen LogP contribution in [0.5, 0.6) is 0 Å². The molecule has 0 N–H and O–H groups in total. The molecule has 0 spiro atoms. The molecule has 0 amide bonds. The summed E-state index contributed by atoms with van der Waals surface area (Å²) in [6.45, 7) is 0. The summed E-state index contributed by atoms with van der Waals surface area (Å²) >= 11 is 4.08. The lowest BCUT2D eigenvalue weighted by Gasteiger charge is -2.10. The van der Waals surface area contributed by atoms with Crippen molar-refractivity contribution in [1.29, 1.82) is 0 Å². The predicted molar refractivity (Wildman–Crippen MR) is 87.3 cm³/mol. The molecule has 3 aromatic carbocycles. The van der Waals surface area contributed by atoms with Crippen molar-refractivity contribution >= 4 is 75.1 Å². The Hall–Kier alpha value is -0.420. The van der Waals surface area contributed by atoms with E-state index < -0.39 is 0 Å². The van der Waals surface area contributed by atoms with Crippen LogP contribution in [0.1, 0.15) is 0 Å². The van der Waals surface area contributed by atoms with Crippen molar-refractivity contribution in [2.45, 2.75) is 9.79 Å². The van der Waals surface area contributed by atoms with E-state index in [1.54, 1.807) is 0 Å². The van der Waals surface area contributed by atoms with Gasteiger partial charge in [-0.1, -0.05) is 32.8 Å². The summed E-state index contributed by atoms with van der Waals surface area (Å²) in [5, 5.41) is 6.01. The Morgan fingerprint density at radius 3 is 1.78 bits per heavy atom. The van der Waals surface area contributed by atoms with Crippen molar-refractivity contribution < 1.29 is 0 Å². The second-order valence-corrected chi connectivity index (χ2v) is 8.92. The highest BCUT2D eigenvalue weighted by molar-refractivity contribution is 8.06. The van der Waals surface area contributed by atoms with Gasteiger partial charge in [-0.3, -0.25) is 0 Å². The summed E-state index contributed by atoms with van der Waals surface area (Å²) in [4.78, 5) is 3.07. The zero-order valence-corrected chi connectivity index (χ0v) is 12.6. The van der Waals surface area contributed by atoms with E-state index in [9.17, 15) is 0 Å². The van der Waals surface area contributed by atoms with Gasteiger partial charge in [0.05, 0.1) is 0 Å². The minimum atomic E-state index is 1.25. The van der Waals surface area contributed by atoms with Crippen LogP contribution in [0.4, 0.5) is 0 Å². The smallest absolute Gasteiger partial charge is 0.0470 e. The molecule has 0 fully saturated rings. The molecule has 1 aromatic heterocycles. The molecule has 4 heteroatoms. The third-order valence-electron chi connectivity index (χ3n) is 3.58. The van der Waals surface area contributed by atoms with E-state index in [1.165, 1.54) is 52.2 Å². The molecule has 0 unspecified atom stereocenters. The van der Waals surface area contributed by atoms with E-state index in [2.05, 4.69) is 24.3 Å². The van der Waals surface area contributed by atoms with Gasteiger partial charge in [-0.25, -0.2) is 0 Å². The Morgan fingerprint density at radius 1 is 0.667 bits per heavy atom. The molecule has 4 aromatic rings. The van der Waals surface area contributed by atoms with Crippen molar-refractivity contribution in [3.8, 4) is 0 Å². The summed E-state index contributed by atoms with van der Waals surface area (Å²) in [5.41, 5.74) is 0. The zero-order valence-electron chi connectivity index (χ0n) is 9.36. The van der Waals surface area contributed by atoms with Crippen molar-refractivity contribution in [2.24, 2.45) is 0 Å². The van der Waals surface area contributed by atoms with E-state index in [4.69, 9.17) is 0 Å². The van der Waals surface area contributed by atoms with Crippen LogP contribution in [0, 0.1) is 0 Å². The fraction of sp³-hybridized carbons (Fsp3) is 0.143. The second-order valence-electron chi connectivity index (χ2n) is 4.49. The first-order valence-corrected chi connectivity index (χ1v) is 10.0. The quantitative estimate of drug-likeness (QED) is 0.371. The van der Waals surface area contributed by atoms with Crippen LogP contribution >= 0.6 is 44.2 Å². The molecular formula is C14H8S4. The monoisotopic (exact) mass is 304 g/mol. The average molecular weight is 304 g/mol. The molecular weight excluding hydrogens is 296 g/mol. The minimum Gasteiger partial charge on any atom is -0.123 e. The SMILES string of the molecule is c1cc2c3c(c4ccc5ssc1c5c24)SCCS3. The van der Waals surface area contributed by atoms with E-state index in [0.29, 0.717) is 0 Å². The summed E-state index contributed by atoms with van der Waals surface area (Å²) < 4.78 is 2.90. The van der Waals surface area contributed by atoms with Crippen LogP contribution < -0.4 is 0 Å². The Kier molecular flexibility index (Phi) is 2.06. The largest absolute Gasteiger partial charge is 0.123 e. The average Bonchev–Trinajstić information content (AvgIpc) is 2.97. The molecule has 2 heterocycles. The molecule has 1 aliphatic heterocycles. The lowest BCUT2D eigenvalue weighted by Crippen LogP contribution is -1.90. The van der Waals surface area contributed by atoms with Crippen molar-refractivity contribution in [3.05, 3.63) is 24.3 Å². The van der Waals surface area contributed by atoms with Gasteiger partial charge < -0.3 is 0 Å². The third kappa shape index (κ3) is 1.15. The van der Waals surface area contributed by atoms with Crippen LogP contribution in [0.25, 0.3) is 30.9 Å². The fourth-order valence-corrected chi connectivity index (χ4v) is 7.88. The Balaban J connectivity index is 2.15. The molecule has 0 aliphatic carbocycles. The maximum atomic E-state index is 2.34. The number of hydrogen-bond donors (Lipinski definition) is 0. The standard InChI is InChI=1S/C14H8S4/c1-3-9-12-10(18-17-9)4-2-8-11(12)7(1)13-14(8)16-6-5-15-13/h1-4H,5-6H2. The molecule has 0 atom stereocenters. The van der Waals surface area contributed by atoms with Gasteiger partial charge in [-0.15, -0.1) is 23.5 Å². The maximum absolute atomic E-state index is 2.34. The Bertz CT molecular complexity index is 814. The summed E-state index contributed by atoms with van der Waals surface area (Å²) in [6.07, 6.45) is 0. The molecule has 0 saturated carbocycles. The van der Waals surface area contributed by atoms with Gasteiger partial charge in [0, 0.05) is 41.5 Å². The Labute approximate surface area is 120 Å². The van der Waals surface area contributed by atoms with Crippen LogP contribution in [0.3, 0.4) is 0 Å². The molecule has 5 rings (SSSR count). The van der Waals surface area contributed by atoms with E-state index in [0.717, 1.165) is 0 Å². The highest BCUT2D eigenvalue weighted by Gasteiger charge is 2.22. The second kappa shape index (κ2) is 3.57. The summed E-state index contributed by atoms with van der Waals surface area (Å²) in [5.74, 6) is 2.49. The number of benzene rings is 2. The highest BCUT2D eigenvalue weighted by atomic mass is 32.9. The first kappa shape index (κ1) is 10.4. The van der Waals surface area contributed by atoms with Crippen molar-refractivity contribution in [2.75, 3.05) is 11.5 Å². The molecule has 0 nitrogen and oxygen atoms in total. The van der Waals surface area contributed by atoms with Gasteiger partial charge in [0.1, 0.15) is 0 Å². The molecule has 0 radical (unpaired) electrons. The Morgan fingerprint density at radius 2 is 1.22 bits per heavy atom. The number of hydrogen-bond acceptors (Lipinski definition) is 4. The normalized spacial score (nSPS) is 16.0. The molecule has 0 saturated heterocycles. The van der Waals surface area contributed by atoms with Crippen molar-refractivity contribution in [1.82, 2.24) is 0 Å². The lowest BCUT2D eigenvalue weighted by molar-refractivity contribution is 1.34.